The average molecular weight is 477 g/mol. The van der Waals surface area contributed by atoms with Crippen LogP contribution in [0.15, 0.2) is 53.0 Å². The van der Waals surface area contributed by atoms with E-state index in [0.29, 0.717) is 32.5 Å². The summed E-state index contributed by atoms with van der Waals surface area (Å²) in [4.78, 5) is 26.9. The molecule has 0 radical (unpaired) electrons. The quantitative estimate of drug-likeness (QED) is 0.494. The highest BCUT2D eigenvalue weighted by molar-refractivity contribution is 9.10. The van der Waals surface area contributed by atoms with Gasteiger partial charge in [-0.2, -0.15) is 0 Å². The normalized spacial score (nSPS) is 11.5. The van der Waals surface area contributed by atoms with E-state index in [4.69, 9.17) is 9.47 Å². The van der Waals surface area contributed by atoms with Crippen molar-refractivity contribution >= 4 is 27.7 Å². The van der Waals surface area contributed by atoms with Gasteiger partial charge in [0.05, 0.1) is 13.7 Å². The second-order valence-corrected chi connectivity index (χ2v) is 7.77. The first-order valence-corrected chi connectivity index (χ1v) is 10.8. The van der Waals surface area contributed by atoms with Crippen LogP contribution in [0.4, 0.5) is 0 Å². The summed E-state index contributed by atoms with van der Waals surface area (Å²) in [6, 6.07) is 14.5. The summed E-state index contributed by atoms with van der Waals surface area (Å²) >= 11 is 3.46. The second-order valence-electron chi connectivity index (χ2n) is 6.85. The third kappa shape index (κ3) is 7.37. The molecule has 0 aromatic heterocycles. The van der Waals surface area contributed by atoms with Gasteiger partial charge in [0.25, 0.3) is 0 Å². The standard InChI is InChI=1S/C23H29BrN2O4/c1-4-25-23(28)17(2)26(16-18-7-5-8-19(24)15-18)22(27)9-6-14-30-21-12-10-20(29-3)11-13-21/h5,7-8,10-13,15,17H,4,6,9,14,16H2,1-3H3,(H,25,28)/t17-/m1/s1. The van der Waals surface area contributed by atoms with Gasteiger partial charge in [0.1, 0.15) is 17.5 Å². The monoisotopic (exact) mass is 476 g/mol. The van der Waals surface area contributed by atoms with Gasteiger partial charge in [-0.25, -0.2) is 0 Å². The van der Waals surface area contributed by atoms with E-state index in [1.807, 2.05) is 55.5 Å². The number of hydrogen-bond acceptors (Lipinski definition) is 4. The molecule has 0 unspecified atom stereocenters. The van der Waals surface area contributed by atoms with Crippen molar-refractivity contribution in [2.24, 2.45) is 0 Å². The molecule has 0 aliphatic rings. The zero-order valence-electron chi connectivity index (χ0n) is 17.7. The van der Waals surface area contributed by atoms with Crippen molar-refractivity contribution in [3.05, 3.63) is 58.6 Å². The Balaban J connectivity index is 1.95. The lowest BCUT2D eigenvalue weighted by Crippen LogP contribution is -2.47. The summed E-state index contributed by atoms with van der Waals surface area (Å²) in [6.07, 6.45) is 0.857. The van der Waals surface area contributed by atoms with Crippen LogP contribution in [0.5, 0.6) is 11.5 Å². The van der Waals surface area contributed by atoms with Crippen molar-refractivity contribution in [3.8, 4) is 11.5 Å². The van der Waals surface area contributed by atoms with Gasteiger partial charge >= 0.3 is 0 Å². The predicted octanol–water partition coefficient (Wildman–Crippen LogP) is 4.17. The molecule has 1 N–H and O–H groups in total. The number of carbonyl (C=O) groups is 2. The Morgan fingerprint density at radius 3 is 2.47 bits per heavy atom. The molecule has 162 valence electrons. The Bertz CT molecular complexity index is 826. The summed E-state index contributed by atoms with van der Waals surface area (Å²) in [5.74, 6) is 1.26. The molecule has 0 aliphatic carbocycles. The Morgan fingerprint density at radius 2 is 1.83 bits per heavy atom. The first-order valence-electron chi connectivity index (χ1n) is 10.0. The molecular formula is C23H29BrN2O4. The van der Waals surface area contributed by atoms with E-state index in [1.165, 1.54) is 0 Å². The highest BCUT2D eigenvalue weighted by Gasteiger charge is 2.25. The lowest BCUT2D eigenvalue weighted by Gasteiger charge is -2.29. The molecule has 2 amide bonds. The molecule has 30 heavy (non-hydrogen) atoms. The van der Waals surface area contributed by atoms with Crippen LogP contribution < -0.4 is 14.8 Å². The zero-order chi connectivity index (χ0) is 21.9. The molecule has 0 fully saturated rings. The molecule has 1 atom stereocenters. The van der Waals surface area contributed by atoms with Gasteiger partial charge in [0.15, 0.2) is 0 Å². The molecule has 7 heteroatoms. The van der Waals surface area contributed by atoms with Gasteiger partial charge in [-0.1, -0.05) is 28.1 Å². The van der Waals surface area contributed by atoms with Gasteiger partial charge < -0.3 is 19.7 Å². The molecule has 0 bridgehead atoms. The van der Waals surface area contributed by atoms with Crippen LogP contribution in [0.3, 0.4) is 0 Å². The van der Waals surface area contributed by atoms with Gasteiger partial charge in [-0.15, -0.1) is 0 Å². The number of nitrogens with one attached hydrogen (secondary N) is 1. The zero-order valence-corrected chi connectivity index (χ0v) is 19.3. The highest BCUT2D eigenvalue weighted by Crippen LogP contribution is 2.18. The number of rotatable bonds is 11. The second kappa shape index (κ2) is 12.2. The molecule has 2 rings (SSSR count). The summed E-state index contributed by atoms with van der Waals surface area (Å²) in [6.45, 7) is 4.93. The average Bonchev–Trinajstić information content (AvgIpc) is 2.75. The van der Waals surface area contributed by atoms with E-state index in [9.17, 15) is 9.59 Å². The van der Waals surface area contributed by atoms with E-state index in [0.717, 1.165) is 21.5 Å². The molecule has 0 spiro atoms. The van der Waals surface area contributed by atoms with E-state index in [-0.39, 0.29) is 11.8 Å². The summed E-state index contributed by atoms with van der Waals surface area (Å²) in [5, 5.41) is 2.80. The fourth-order valence-electron chi connectivity index (χ4n) is 2.97. The fraction of sp³-hybridized carbons (Fsp3) is 0.391. The van der Waals surface area contributed by atoms with Crippen molar-refractivity contribution in [1.29, 1.82) is 0 Å². The number of benzene rings is 2. The first kappa shape index (κ1) is 23.7. The minimum Gasteiger partial charge on any atom is -0.497 e. The van der Waals surface area contributed by atoms with Crippen LogP contribution >= 0.6 is 15.9 Å². The molecule has 2 aromatic rings. The van der Waals surface area contributed by atoms with E-state index in [1.54, 1.807) is 18.9 Å². The van der Waals surface area contributed by atoms with Crippen molar-refractivity contribution < 1.29 is 19.1 Å². The van der Waals surface area contributed by atoms with Gasteiger partial charge in [0.2, 0.25) is 11.8 Å². The van der Waals surface area contributed by atoms with Crippen molar-refractivity contribution in [2.45, 2.75) is 39.3 Å². The van der Waals surface area contributed by atoms with Gasteiger partial charge in [-0.05, 0) is 62.2 Å². The first-order chi connectivity index (χ1) is 14.4. The van der Waals surface area contributed by atoms with Crippen LogP contribution in [-0.2, 0) is 16.1 Å². The smallest absolute Gasteiger partial charge is 0.242 e. The minimum atomic E-state index is -0.557. The molecule has 2 aromatic carbocycles. The summed E-state index contributed by atoms with van der Waals surface area (Å²) in [5.41, 5.74) is 0.961. The third-order valence-electron chi connectivity index (χ3n) is 4.62. The van der Waals surface area contributed by atoms with Gasteiger partial charge in [-0.3, -0.25) is 9.59 Å². The lowest BCUT2D eigenvalue weighted by atomic mass is 10.1. The Morgan fingerprint density at radius 1 is 1.13 bits per heavy atom. The lowest BCUT2D eigenvalue weighted by molar-refractivity contribution is -0.140. The maximum atomic E-state index is 12.9. The number of halogens is 1. The SMILES string of the molecule is CCNC(=O)[C@@H](C)N(Cc1cccc(Br)c1)C(=O)CCCOc1ccc(OC)cc1. The van der Waals surface area contributed by atoms with Crippen LogP contribution in [0.1, 0.15) is 32.3 Å². The van der Waals surface area contributed by atoms with Crippen molar-refractivity contribution in [1.82, 2.24) is 10.2 Å². The van der Waals surface area contributed by atoms with Crippen LogP contribution in [-0.4, -0.2) is 43.0 Å². The van der Waals surface area contributed by atoms with Crippen LogP contribution in [0.2, 0.25) is 0 Å². The van der Waals surface area contributed by atoms with E-state index >= 15 is 0 Å². The number of ether oxygens (including phenoxy) is 2. The number of carbonyl (C=O) groups excluding carboxylic acids is 2. The van der Waals surface area contributed by atoms with Crippen LogP contribution in [0, 0.1) is 0 Å². The highest BCUT2D eigenvalue weighted by atomic mass is 79.9. The third-order valence-corrected chi connectivity index (χ3v) is 5.12. The number of hydrogen-bond donors (Lipinski definition) is 1. The number of methoxy groups -OCH3 is 1. The summed E-state index contributed by atoms with van der Waals surface area (Å²) < 4.78 is 11.8. The Hall–Kier alpha value is -2.54. The van der Waals surface area contributed by atoms with Crippen LogP contribution in [0.25, 0.3) is 0 Å². The molecule has 6 nitrogen and oxygen atoms in total. The predicted molar refractivity (Wildman–Crippen MR) is 121 cm³/mol. The molecule has 0 saturated heterocycles. The Labute approximate surface area is 186 Å². The maximum Gasteiger partial charge on any atom is 0.242 e. The molecule has 0 saturated carbocycles. The number of amides is 2. The maximum absolute atomic E-state index is 12.9. The fourth-order valence-corrected chi connectivity index (χ4v) is 3.41. The topological polar surface area (TPSA) is 67.9 Å². The van der Waals surface area contributed by atoms with E-state index in [2.05, 4.69) is 21.2 Å². The number of likely N-dealkylation sites (N-methyl/N-ethyl adjacent to an activating group) is 1. The Kier molecular flexibility index (Phi) is 9.67. The number of nitrogens with zero attached hydrogens (tertiary/aromatic N) is 1. The minimum absolute atomic E-state index is 0.0768. The molecule has 0 aliphatic heterocycles. The molecular weight excluding hydrogens is 448 g/mol. The van der Waals surface area contributed by atoms with Crippen molar-refractivity contribution in [2.75, 3.05) is 20.3 Å². The summed E-state index contributed by atoms with van der Waals surface area (Å²) in [7, 11) is 1.61. The van der Waals surface area contributed by atoms with E-state index < -0.39 is 6.04 Å². The molecule has 0 heterocycles. The largest absolute Gasteiger partial charge is 0.497 e. The van der Waals surface area contributed by atoms with Crippen molar-refractivity contribution in [3.63, 3.8) is 0 Å². The van der Waals surface area contributed by atoms with Gasteiger partial charge in [0, 0.05) is 24.0 Å².